The van der Waals surface area contributed by atoms with E-state index < -0.39 is 26.1 Å². The standard InChI is InChI=1S/C16H20O4S/c1-5-6-7-14(15(17)16(3,4)18)21(19,20)13-10-8-12(2)9-11-13/h5-11,18H,1-4H3/b6-5+,14-7+. The van der Waals surface area contributed by atoms with Crippen molar-refractivity contribution in [2.24, 2.45) is 0 Å². The normalized spacial score (nSPS) is 13.7. The summed E-state index contributed by atoms with van der Waals surface area (Å²) in [4.78, 5) is 11.8. The highest BCUT2D eigenvalue weighted by Crippen LogP contribution is 2.24. The Morgan fingerprint density at radius 2 is 1.71 bits per heavy atom. The van der Waals surface area contributed by atoms with Crippen molar-refractivity contribution in [3.63, 3.8) is 0 Å². The molecule has 0 atom stereocenters. The number of hydrogen-bond donors (Lipinski definition) is 1. The lowest BCUT2D eigenvalue weighted by atomic mass is 10.0. The maximum Gasteiger partial charge on any atom is 0.210 e. The summed E-state index contributed by atoms with van der Waals surface area (Å²) in [5.74, 6) is -0.832. The van der Waals surface area contributed by atoms with E-state index in [2.05, 4.69) is 0 Å². The summed E-state index contributed by atoms with van der Waals surface area (Å²) in [7, 11) is -3.97. The molecule has 1 aromatic rings. The van der Waals surface area contributed by atoms with Gasteiger partial charge in [0.15, 0.2) is 0 Å². The third-order valence-corrected chi connectivity index (χ3v) is 4.63. The first-order valence-electron chi connectivity index (χ1n) is 6.52. The second-order valence-corrected chi connectivity index (χ2v) is 7.18. The van der Waals surface area contributed by atoms with Gasteiger partial charge in [0, 0.05) is 0 Å². The number of sulfone groups is 1. The number of aliphatic hydroxyl groups is 1. The molecule has 0 bridgehead atoms. The summed E-state index contributed by atoms with van der Waals surface area (Å²) in [6.45, 7) is 6.09. The highest BCUT2D eigenvalue weighted by Gasteiger charge is 2.35. The fraction of sp³-hybridized carbons (Fsp3) is 0.312. The lowest BCUT2D eigenvalue weighted by Crippen LogP contribution is -2.34. The lowest BCUT2D eigenvalue weighted by molar-refractivity contribution is -0.129. The van der Waals surface area contributed by atoms with Crippen LogP contribution in [0.3, 0.4) is 0 Å². The van der Waals surface area contributed by atoms with Gasteiger partial charge in [-0.2, -0.15) is 0 Å². The van der Waals surface area contributed by atoms with Crippen LogP contribution in [-0.4, -0.2) is 24.9 Å². The van der Waals surface area contributed by atoms with Gasteiger partial charge < -0.3 is 5.11 Å². The summed E-state index contributed by atoms with van der Waals surface area (Å²) in [5, 5.41) is 9.83. The van der Waals surface area contributed by atoms with E-state index in [9.17, 15) is 18.3 Å². The fourth-order valence-electron chi connectivity index (χ4n) is 1.62. The molecule has 0 spiro atoms. The Morgan fingerprint density at radius 1 is 1.19 bits per heavy atom. The molecule has 0 heterocycles. The molecule has 1 N–H and O–H groups in total. The SMILES string of the molecule is C/C=C/C=C(\C(=O)C(C)(C)O)S(=O)(=O)c1ccc(C)cc1. The van der Waals surface area contributed by atoms with E-state index in [1.165, 1.54) is 38.1 Å². The number of ketones is 1. The van der Waals surface area contributed by atoms with Gasteiger partial charge in [0.2, 0.25) is 15.6 Å². The molecule has 0 saturated heterocycles. The van der Waals surface area contributed by atoms with Crippen LogP contribution in [0.15, 0.2) is 52.3 Å². The molecule has 21 heavy (non-hydrogen) atoms. The van der Waals surface area contributed by atoms with Crippen LogP contribution in [-0.2, 0) is 14.6 Å². The summed E-state index contributed by atoms with van der Waals surface area (Å²) in [6, 6.07) is 6.22. The predicted octanol–water partition coefficient (Wildman–Crippen LogP) is 2.57. The Morgan fingerprint density at radius 3 is 2.14 bits per heavy atom. The number of aryl methyl sites for hydroxylation is 1. The monoisotopic (exact) mass is 308 g/mol. The summed E-state index contributed by atoms with van der Waals surface area (Å²) >= 11 is 0. The molecule has 0 aliphatic carbocycles. The van der Waals surface area contributed by atoms with Crippen molar-refractivity contribution in [3.05, 3.63) is 53.0 Å². The van der Waals surface area contributed by atoms with E-state index >= 15 is 0 Å². The van der Waals surface area contributed by atoms with Crippen LogP contribution in [0.25, 0.3) is 0 Å². The van der Waals surface area contributed by atoms with Gasteiger partial charge in [0.1, 0.15) is 10.5 Å². The van der Waals surface area contributed by atoms with Crippen molar-refractivity contribution < 1.29 is 18.3 Å². The van der Waals surface area contributed by atoms with Gasteiger partial charge in [0.25, 0.3) is 0 Å². The van der Waals surface area contributed by atoms with Crippen molar-refractivity contribution in [2.75, 3.05) is 0 Å². The van der Waals surface area contributed by atoms with Crippen molar-refractivity contribution in [2.45, 2.75) is 38.2 Å². The van der Waals surface area contributed by atoms with Crippen molar-refractivity contribution in [3.8, 4) is 0 Å². The first kappa shape index (κ1) is 17.3. The summed E-state index contributed by atoms with van der Waals surface area (Å²) in [6.07, 6.45) is 4.29. The van der Waals surface area contributed by atoms with Gasteiger partial charge in [-0.3, -0.25) is 4.79 Å². The van der Waals surface area contributed by atoms with Gasteiger partial charge in [-0.05, 0) is 45.9 Å². The minimum atomic E-state index is -3.97. The van der Waals surface area contributed by atoms with Crippen molar-refractivity contribution >= 4 is 15.6 Å². The maximum absolute atomic E-state index is 12.6. The molecule has 0 saturated carbocycles. The quantitative estimate of drug-likeness (QED) is 0.670. The number of carbonyl (C=O) groups is 1. The Labute approximate surface area is 125 Å². The van der Waals surface area contributed by atoms with Gasteiger partial charge in [-0.1, -0.05) is 29.8 Å². The molecule has 0 unspecified atom stereocenters. The third kappa shape index (κ3) is 4.12. The van der Waals surface area contributed by atoms with Crippen molar-refractivity contribution in [1.29, 1.82) is 0 Å². The molecular weight excluding hydrogens is 288 g/mol. The zero-order chi connectivity index (χ0) is 16.3. The van der Waals surface area contributed by atoms with Crippen LogP contribution in [0.4, 0.5) is 0 Å². The van der Waals surface area contributed by atoms with Crippen molar-refractivity contribution in [1.82, 2.24) is 0 Å². The van der Waals surface area contributed by atoms with E-state index in [0.717, 1.165) is 5.56 Å². The van der Waals surface area contributed by atoms with Gasteiger partial charge in [0.05, 0.1) is 4.90 Å². The van der Waals surface area contributed by atoms with Crippen LogP contribution >= 0.6 is 0 Å². The molecule has 0 aliphatic heterocycles. The highest BCUT2D eigenvalue weighted by atomic mass is 32.2. The van der Waals surface area contributed by atoms with E-state index in [-0.39, 0.29) is 4.90 Å². The molecule has 114 valence electrons. The van der Waals surface area contributed by atoms with Gasteiger partial charge in [-0.15, -0.1) is 0 Å². The Hall–Kier alpha value is -1.72. The molecule has 0 radical (unpaired) electrons. The van der Waals surface area contributed by atoms with Gasteiger partial charge in [-0.25, -0.2) is 8.42 Å². The highest BCUT2D eigenvalue weighted by molar-refractivity contribution is 7.96. The second-order valence-electron chi connectivity index (χ2n) is 5.26. The molecule has 0 aliphatic rings. The topological polar surface area (TPSA) is 71.4 Å². The number of hydrogen-bond acceptors (Lipinski definition) is 4. The molecule has 0 amide bonds. The van der Waals surface area contributed by atoms with E-state index in [1.54, 1.807) is 25.1 Å². The van der Waals surface area contributed by atoms with E-state index in [0.29, 0.717) is 0 Å². The second kappa shape index (κ2) is 6.37. The average Bonchev–Trinajstić information content (AvgIpc) is 2.38. The number of Topliss-reactive ketones (excluding diaryl/α,β-unsaturated/α-hetero) is 1. The molecular formula is C16H20O4S. The Kier molecular flexibility index (Phi) is 5.25. The first-order valence-corrected chi connectivity index (χ1v) is 8.01. The molecule has 4 nitrogen and oxygen atoms in total. The molecule has 1 rings (SSSR count). The molecule has 1 aromatic carbocycles. The predicted molar refractivity (Wildman–Crippen MR) is 82.6 cm³/mol. The number of allylic oxidation sites excluding steroid dienone is 3. The Balaban J connectivity index is 3.45. The largest absolute Gasteiger partial charge is 0.382 e. The smallest absolute Gasteiger partial charge is 0.210 e. The number of rotatable bonds is 5. The van der Waals surface area contributed by atoms with E-state index in [1.807, 2.05) is 6.92 Å². The third-order valence-electron chi connectivity index (χ3n) is 2.84. The number of benzene rings is 1. The zero-order valence-corrected chi connectivity index (χ0v) is 13.4. The Bertz CT molecular complexity index is 672. The van der Waals surface area contributed by atoms with E-state index in [4.69, 9.17) is 0 Å². The van der Waals surface area contributed by atoms with Crippen LogP contribution in [0.2, 0.25) is 0 Å². The molecule has 0 aromatic heterocycles. The van der Waals surface area contributed by atoms with Crippen LogP contribution in [0, 0.1) is 6.92 Å². The summed E-state index contributed by atoms with van der Waals surface area (Å²) < 4.78 is 25.2. The average molecular weight is 308 g/mol. The van der Waals surface area contributed by atoms with Crippen LogP contribution in [0.5, 0.6) is 0 Å². The number of carbonyl (C=O) groups excluding carboxylic acids is 1. The maximum atomic E-state index is 12.6. The van der Waals surface area contributed by atoms with Crippen LogP contribution < -0.4 is 0 Å². The van der Waals surface area contributed by atoms with Gasteiger partial charge >= 0.3 is 0 Å². The van der Waals surface area contributed by atoms with Crippen LogP contribution in [0.1, 0.15) is 26.3 Å². The lowest BCUT2D eigenvalue weighted by Gasteiger charge is -2.18. The first-order chi connectivity index (χ1) is 9.60. The molecule has 5 heteroatoms. The zero-order valence-electron chi connectivity index (χ0n) is 12.6. The summed E-state index contributed by atoms with van der Waals surface area (Å²) in [5.41, 5.74) is -0.840. The minimum Gasteiger partial charge on any atom is -0.382 e. The minimum absolute atomic E-state index is 0.0291. The fourth-order valence-corrected chi connectivity index (χ4v) is 3.12. The molecule has 0 fully saturated rings.